The van der Waals surface area contributed by atoms with Crippen LogP contribution in [-0.4, -0.2) is 30.9 Å². The minimum Gasteiger partial charge on any atom is -0.461 e. The van der Waals surface area contributed by atoms with Gasteiger partial charge >= 0.3 is 11.9 Å². The van der Waals surface area contributed by atoms with Crippen molar-refractivity contribution in [1.82, 2.24) is 0 Å². The number of carbonyl (C=O) groups excluding carboxylic acids is 3. The van der Waals surface area contributed by atoms with Crippen LogP contribution in [0.4, 0.5) is 0 Å². The molecule has 0 fully saturated rings. The molecule has 0 aromatic heterocycles. The first-order chi connectivity index (χ1) is 7.45. The SMILES string of the molecule is CCC(=O)C=C(COC(C)=O)COC(C)=O. The van der Waals surface area contributed by atoms with Gasteiger partial charge in [-0.15, -0.1) is 0 Å². The summed E-state index contributed by atoms with van der Waals surface area (Å²) in [5.74, 6) is -0.996. The number of carbonyl (C=O) groups is 3. The van der Waals surface area contributed by atoms with Gasteiger partial charge in [0, 0.05) is 25.8 Å². The Bertz CT molecular complexity index is 283. The first kappa shape index (κ1) is 14.3. The third-order valence-corrected chi connectivity index (χ3v) is 1.64. The van der Waals surface area contributed by atoms with Crippen LogP contribution in [0.15, 0.2) is 11.6 Å². The van der Waals surface area contributed by atoms with Gasteiger partial charge in [0.05, 0.1) is 0 Å². The summed E-state index contributed by atoms with van der Waals surface area (Å²) in [6.07, 6.45) is 1.69. The van der Waals surface area contributed by atoms with Crippen LogP contribution in [0, 0.1) is 0 Å². The second kappa shape index (κ2) is 7.62. The molecule has 0 aromatic carbocycles. The number of hydrogen-bond acceptors (Lipinski definition) is 5. The van der Waals surface area contributed by atoms with E-state index in [4.69, 9.17) is 9.47 Å². The van der Waals surface area contributed by atoms with E-state index in [1.54, 1.807) is 6.92 Å². The third kappa shape index (κ3) is 7.73. The van der Waals surface area contributed by atoms with Crippen LogP contribution in [0.25, 0.3) is 0 Å². The molecule has 0 saturated carbocycles. The van der Waals surface area contributed by atoms with Crippen LogP contribution >= 0.6 is 0 Å². The van der Waals surface area contributed by atoms with E-state index in [-0.39, 0.29) is 19.0 Å². The second-order valence-electron chi connectivity index (χ2n) is 3.18. The molecule has 0 rings (SSSR count). The highest BCUT2D eigenvalue weighted by atomic mass is 16.5. The van der Waals surface area contributed by atoms with Gasteiger partial charge in [-0.25, -0.2) is 0 Å². The van der Waals surface area contributed by atoms with Crippen LogP contribution < -0.4 is 0 Å². The fraction of sp³-hybridized carbons (Fsp3) is 0.545. The summed E-state index contributed by atoms with van der Waals surface area (Å²) >= 11 is 0. The number of ketones is 1. The largest absolute Gasteiger partial charge is 0.461 e. The Hall–Kier alpha value is -1.65. The Morgan fingerprint density at radius 3 is 1.75 bits per heavy atom. The topological polar surface area (TPSA) is 69.7 Å². The molecule has 0 aromatic rings. The summed E-state index contributed by atoms with van der Waals surface area (Å²) < 4.78 is 9.46. The molecule has 0 amide bonds. The molecule has 0 saturated heterocycles. The van der Waals surface area contributed by atoms with Crippen molar-refractivity contribution in [3.8, 4) is 0 Å². The van der Waals surface area contributed by atoms with Gasteiger partial charge in [-0.2, -0.15) is 0 Å². The van der Waals surface area contributed by atoms with E-state index in [0.717, 1.165) is 0 Å². The van der Waals surface area contributed by atoms with Crippen molar-refractivity contribution in [1.29, 1.82) is 0 Å². The molecule has 0 radical (unpaired) electrons. The lowest BCUT2D eigenvalue weighted by atomic mass is 10.2. The summed E-state index contributed by atoms with van der Waals surface area (Å²) in [5.41, 5.74) is 0.470. The molecule has 90 valence electrons. The molecule has 0 atom stereocenters. The van der Waals surface area contributed by atoms with Crippen molar-refractivity contribution in [2.75, 3.05) is 13.2 Å². The van der Waals surface area contributed by atoms with E-state index in [2.05, 4.69) is 0 Å². The van der Waals surface area contributed by atoms with E-state index >= 15 is 0 Å². The smallest absolute Gasteiger partial charge is 0.302 e. The van der Waals surface area contributed by atoms with Crippen molar-refractivity contribution < 1.29 is 23.9 Å². The molecule has 0 bridgehead atoms. The highest BCUT2D eigenvalue weighted by molar-refractivity contribution is 5.90. The highest BCUT2D eigenvalue weighted by Gasteiger charge is 2.05. The average Bonchev–Trinajstić information content (AvgIpc) is 2.21. The van der Waals surface area contributed by atoms with Gasteiger partial charge in [0.25, 0.3) is 0 Å². The minimum absolute atomic E-state index is 0.0334. The molecule has 0 aliphatic rings. The molecule has 16 heavy (non-hydrogen) atoms. The monoisotopic (exact) mass is 228 g/mol. The zero-order valence-corrected chi connectivity index (χ0v) is 9.74. The predicted molar refractivity (Wildman–Crippen MR) is 56.6 cm³/mol. The lowest BCUT2D eigenvalue weighted by molar-refractivity contribution is -0.141. The Morgan fingerprint density at radius 2 is 1.44 bits per heavy atom. The van der Waals surface area contributed by atoms with Crippen molar-refractivity contribution in [2.45, 2.75) is 27.2 Å². The van der Waals surface area contributed by atoms with E-state index in [9.17, 15) is 14.4 Å². The maximum absolute atomic E-state index is 11.2. The summed E-state index contributed by atoms with van der Waals surface area (Å²) in [4.78, 5) is 32.4. The molecule has 0 unspecified atom stereocenters. The van der Waals surface area contributed by atoms with Gasteiger partial charge in [-0.1, -0.05) is 6.92 Å². The van der Waals surface area contributed by atoms with Crippen molar-refractivity contribution in [3.63, 3.8) is 0 Å². The number of hydrogen-bond donors (Lipinski definition) is 0. The Morgan fingerprint density at radius 1 is 1.00 bits per heavy atom. The van der Waals surface area contributed by atoms with E-state index in [0.29, 0.717) is 12.0 Å². The Kier molecular flexibility index (Phi) is 6.83. The van der Waals surface area contributed by atoms with E-state index in [1.165, 1.54) is 19.9 Å². The van der Waals surface area contributed by atoms with Crippen molar-refractivity contribution in [2.24, 2.45) is 0 Å². The number of rotatable bonds is 6. The quantitative estimate of drug-likeness (QED) is 0.501. The first-order valence-electron chi connectivity index (χ1n) is 4.94. The molecule has 0 aliphatic heterocycles. The fourth-order valence-corrected chi connectivity index (χ4v) is 0.843. The van der Waals surface area contributed by atoms with Crippen LogP contribution in [-0.2, 0) is 23.9 Å². The molecule has 0 aliphatic carbocycles. The molecule has 5 heteroatoms. The van der Waals surface area contributed by atoms with Gasteiger partial charge < -0.3 is 9.47 Å². The number of esters is 2. The minimum atomic E-state index is -0.447. The summed E-state index contributed by atoms with van der Waals surface area (Å²) in [6, 6.07) is 0. The molecule has 0 heterocycles. The summed E-state index contributed by atoms with van der Waals surface area (Å²) in [7, 11) is 0. The Balaban J connectivity index is 4.37. The van der Waals surface area contributed by atoms with Gasteiger partial charge in [0.15, 0.2) is 5.78 Å². The van der Waals surface area contributed by atoms with Gasteiger partial charge in [0.2, 0.25) is 0 Å². The van der Waals surface area contributed by atoms with Crippen molar-refractivity contribution in [3.05, 3.63) is 11.6 Å². The molecule has 5 nitrogen and oxygen atoms in total. The zero-order chi connectivity index (χ0) is 12.6. The van der Waals surface area contributed by atoms with Crippen LogP contribution in [0.3, 0.4) is 0 Å². The van der Waals surface area contributed by atoms with Crippen molar-refractivity contribution >= 4 is 17.7 Å². The average molecular weight is 228 g/mol. The first-order valence-corrected chi connectivity index (χ1v) is 4.94. The lowest BCUT2D eigenvalue weighted by Gasteiger charge is -2.07. The van der Waals surface area contributed by atoms with Gasteiger partial charge in [0.1, 0.15) is 13.2 Å². The number of allylic oxidation sites excluding steroid dienone is 1. The maximum atomic E-state index is 11.2. The summed E-state index contributed by atoms with van der Waals surface area (Å²) in [5, 5.41) is 0. The summed E-state index contributed by atoms with van der Waals surface area (Å²) in [6.45, 7) is 4.19. The van der Waals surface area contributed by atoms with Crippen LogP contribution in [0.2, 0.25) is 0 Å². The van der Waals surface area contributed by atoms with Crippen LogP contribution in [0.5, 0.6) is 0 Å². The molecular formula is C11H16O5. The number of ether oxygens (including phenoxy) is 2. The third-order valence-electron chi connectivity index (χ3n) is 1.64. The normalized spacial score (nSPS) is 9.19. The molecule has 0 N–H and O–H groups in total. The van der Waals surface area contributed by atoms with Gasteiger partial charge in [-0.3, -0.25) is 14.4 Å². The predicted octanol–water partition coefficient (Wildman–Crippen LogP) is 1.02. The second-order valence-corrected chi connectivity index (χ2v) is 3.18. The zero-order valence-electron chi connectivity index (χ0n) is 9.74. The molecular weight excluding hydrogens is 212 g/mol. The van der Waals surface area contributed by atoms with E-state index in [1.807, 2.05) is 0 Å². The van der Waals surface area contributed by atoms with E-state index < -0.39 is 11.9 Å². The highest BCUT2D eigenvalue weighted by Crippen LogP contribution is 2.00. The maximum Gasteiger partial charge on any atom is 0.302 e. The lowest BCUT2D eigenvalue weighted by Crippen LogP contribution is -2.12. The standard InChI is InChI=1S/C11H16O5/c1-4-11(14)5-10(6-15-8(2)12)7-16-9(3)13/h5H,4,6-7H2,1-3H3. The fourth-order valence-electron chi connectivity index (χ4n) is 0.843. The van der Waals surface area contributed by atoms with Crippen LogP contribution in [0.1, 0.15) is 27.2 Å². The van der Waals surface area contributed by atoms with Gasteiger partial charge in [-0.05, 0) is 6.08 Å². The molecule has 0 spiro atoms. The Labute approximate surface area is 94.4 Å².